The van der Waals surface area contributed by atoms with Gasteiger partial charge in [0.15, 0.2) is 9.84 Å². The zero-order valence-corrected chi connectivity index (χ0v) is 12.5. The number of H-pyrrole nitrogens is 1. The summed E-state index contributed by atoms with van der Waals surface area (Å²) in [4.78, 5) is 15.2. The number of hydrogen-bond donors (Lipinski definition) is 2. The van der Waals surface area contributed by atoms with E-state index in [-0.39, 0.29) is 12.5 Å². The Hall–Kier alpha value is -1.82. The molecule has 0 radical (unpaired) electrons. The first kappa shape index (κ1) is 14.6. The summed E-state index contributed by atoms with van der Waals surface area (Å²) in [5, 5.41) is 3.52. The van der Waals surface area contributed by atoms with Gasteiger partial charge in [-0.15, -0.1) is 0 Å². The molecule has 0 spiro atoms. The smallest absolute Gasteiger partial charge is 0.252 e. The number of amides is 1. The average Bonchev–Trinajstić information content (AvgIpc) is 2.82. The molecular weight excluding hydrogens is 276 g/mol. The summed E-state index contributed by atoms with van der Waals surface area (Å²) in [6.45, 7) is 3.27. The lowest BCUT2D eigenvalue weighted by atomic mass is 10.1. The number of sulfone groups is 1. The van der Waals surface area contributed by atoms with E-state index in [4.69, 9.17) is 0 Å². The first-order chi connectivity index (χ1) is 9.22. The number of rotatable bonds is 4. The van der Waals surface area contributed by atoms with Gasteiger partial charge in [0, 0.05) is 35.5 Å². The van der Waals surface area contributed by atoms with Crippen molar-refractivity contribution in [3.8, 4) is 0 Å². The minimum Gasteiger partial charge on any atom is -0.361 e. The highest BCUT2D eigenvalue weighted by Gasteiger charge is 2.30. The minimum absolute atomic E-state index is 0.0749. The van der Waals surface area contributed by atoms with Crippen LogP contribution in [0.15, 0.2) is 30.5 Å². The van der Waals surface area contributed by atoms with Crippen molar-refractivity contribution < 1.29 is 13.2 Å². The molecule has 0 atom stereocenters. The molecule has 0 saturated heterocycles. The van der Waals surface area contributed by atoms with Crippen LogP contribution in [0.25, 0.3) is 10.9 Å². The number of aromatic amines is 1. The summed E-state index contributed by atoms with van der Waals surface area (Å²) in [6, 6.07) is 7.22. The SMILES string of the molecule is CC(C)(CNC(=O)c1cccc2[nH]ccc12)S(C)(=O)=O. The van der Waals surface area contributed by atoms with Gasteiger partial charge >= 0.3 is 0 Å². The fourth-order valence-corrected chi connectivity index (χ4v) is 2.14. The van der Waals surface area contributed by atoms with Crippen molar-refractivity contribution in [2.45, 2.75) is 18.6 Å². The van der Waals surface area contributed by atoms with Gasteiger partial charge < -0.3 is 10.3 Å². The highest BCUT2D eigenvalue weighted by Crippen LogP contribution is 2.18. The van der Waals surface area contributed by atoms with E-state index in [1.807, 2.05) is 12.1 Å². The van der Waals surface area contributed by atoms with Crippen molar-refractivity contribution in [2.75, 3.05) is 12.8 Å². The fourth-order valence-electron chi connectivity index (χ4n) is 1.80. The van der Waals surface area contributed by atoms with Gasteiger partial charge in [0.1, 0.15) is 0 Å². The summed E-state index contributed by atoms with van der Waals surface area (Å²) in [5.41, 5.74) is 1.41. The van der Waals surface area contributed by atoms with Gasteiger partial charge in [-0.25, -0.2) is 8.42 Å². The van der Waals surface area contributed by atoms with Gasteiger partial charge in [-0.1, -0.05) is 6.07 Å². The predicted molar refractivity (Wildman–Crippen MR) is 79.6 cm³/mol. The molecule has 2 aromatic rings. The molecule has 1 aromatic carbocycles. The molecule has 0 unspecified atom stereocenters. The van der Waals surface area contributed by atoms with E-state index in [9.17, 15) is 13.2 Å². The van der Waals surface area contributed by atoms with Crippen LogP contribution in [0, 0.1) is 0 Å². The van der Waals surface area contributed by atoms with Crippen LogP contribution in [0.5, 0.6) is 0 Å². The Morgan fingerprint density at radius 3 is 2.65 bits per heavy atom. The van der Waals surface area contributed by atoms with Gasteiger partial charge in [0.05, 0.1) is 4.75 Å². The summed E-state index contributed by atoms with van der Waals surface area (Å²) < 4.78 is 22.2. The molecule has 0 aliphatic rings. The molecule has 0 bridgehead atoms. The maximum atomic E-state index is 12.2. The molecular formula is C14H18N2O3S. The molecule has 20 heavy (non-hydrogen) atoms. The second-order valence-corrected chi connectivity index (χ2v) is 8.11. The molecule has 0 aliphatic heterocycles. The number of aromatic nitrogens is 1. The van der Waals surface area contributed by atoms with E-state index in [0.29, 0.717) is 5.56 Å². The Bertz CT molecular complexity index is 745. The van der Waals surface area contributed by atoms with E-state index in [0.717, 1.165) is 10.9 Å². The lowest BCUT2D eigenvalue weighted by Gasteiger charge is -2.22. The van der Waals surface area contributed by atoms with E-state index in [1.54, 1.807) is 32.2 Å². The Balaban J connectivity index is 2.20. The largest absolute Gasteiger partial charge is 0.361 e. The maximum absolute atomic E-state index is 12.2. The number of hydrogen-bond acceptors (Lipinski definition) is 3. The monoisotopic (exact) mass is 294 g/mol. The average molecular weight is 294 g/mol. The van der Waals surface area contributed by atoms with E-state index in [1.165, 1.54) is 6.26 Å². The lowest BCUT2D eigenvalue weighted by molar-refractivity contribution is 0.0952. The van der Waals surface area contributed by atoms with Gasteiger partial charge in [-0.05, 0) is 32.0 Å². The summed E-state index contributed by atoms with van der Waals surface area (Å²) in [5.74, 6) is -0.271. The Labute approximate surface area is 118 Å². The van der Waals surface area contributed by atoms with Crippen LogP contribution in [0.3, 0.4) is 0 Å². The number of carbonyl (C=O) groups excluding carboxylic acids is 1. The molecule has 108 valence electrons. The molecule has 6 heteroatoms. The molecule has 1 aromatic heterocycles. The van der Waals surface area contributed by atoms with Crippen LogP contribution in [0.2, 0.25) is 0 Å². The second-order valence-electron chi connectivity index (χ2n) is 5.46. The fraction of sp³-hybridized carbons (Fsp3) is 0.357. The van der Waals surface area contributed by atoms with Crippen molar-refractivity contribution in [3.63, 3.8) is 0 Å². The number of fused-ring (bicyclic) bond motifs is 1. The van der Waals surface area contributed by atoms with Crippen LogP contribution >= 0.6 is 0 Å². The Morgan fingerprint density at radius 2 is 2.00 bits per heavy atom. The predicted octanol–water partition coefficient (Wildman–Crippen LogP) is 1.72. The highest BCUT2D eigenvalue weighted by molar-refractivity contribution is 7.92. The number of carbonyl (C=O) groups is 1. The van der Waals surface area contributed by atoms with Crippen molar-refractivity contribution in [3.05, 3.63) is 36.0 Å². The van der Waals surface area contributed by atoms with Gasteiger partial charge in [0.25, 0.3) is 5.91 Å². The van der Waals surface area contributed by atoms with E-state index >= 15 is 0 Å². The third-order valence-corrected chi connectivity index (χ3v) is 5.67. The summed E-state index contributed by atoms with van der Waals surface area (Å²) in [7, 11) is -3.23. The van der Waals surface area contributed by atoms with Gasteiger partial charge in [-0.3, -0.25) is 4.79 Å². The first-order valence-electron chi connectivity index (χ1n) is 6.26. The second kappa shape index (κ2) is 4.94. The van der Waals surface area contributed by atoms with Crippen molar-refractivity contribution in [1.29, 1.82) is 0 Å². The summed E-state index contributed by atoms with van der Waals surface area (Å²) >= 11 is 0. The van der Waals surface area contributed by atoms with Crippen molar-refractivity contribution in [1.82, 2.24) is 10.3 Å². The molecule has 1 amide bonds. The standard InChI is InChI=1S/C14H18N2O3S/c1-14(2,20(3,18)19)9-16-13(17)11-5-4-6-12-10(11)7-8-15-12/h4-8,15H,9H2,1-3H3,(H,16,17). The van der Waals surface area contributed by atoms with Crippen LogP contribution in [-0.2, 0) is 9.84 Å². The maximum Gasteiger partial charge on any atom is 0.252 e. The van der Waals surface area contributed by atoms with Crippen molar-refractivity contribution >= 4 is 26.6 Å². The first-order valence-corrected chi connectivity index (χ1v) is 8.15. The van der Waals surface area contributed by atoms with Gasteiger partial charge in [-0.2, -0.15) is 0 Å². The highest BCUT2D eigenvalue weighted by atomic mass is 32.2. The zero-order chi connectivity index (χ0) is 15.0. The lowest BCUT2D eigenvalue weighted by Crippen LogP contribution is -2.43. The Morgan fingerprint density at radius 1 is 1.30 bits per heavy atom. The summed E-state index contributed by atoms with van der Waals surface area (Å²) in [6.07, 6.45) is 2.94. The number of benzene rings is 1. The molecule has 0 aliphatic carbocycles. The molecule has 5 nitrogen and oxygen atoms in total. The van der Waals surface area contributed by atoms with Gasteiger partial charge in [0.2, 0.25) is 0 Å². The molecule has 0 fully saturated rings. The zero-order valence-electron chi connectivity index (χ0n) is 11.7. The van der Waals surface area contributed by atoms with Crippen LogP contribution in [0.4, 0.5) is 0 Å². The third kappa shape index (κ3) is 2.70. The Kier molecular flexibility index (Phi) is 3.60. The van der Waals surface area contributed by atoms with Crippen LogP contribution in [0.1, 0.15) is 24.2 Å². The third-order valence-electron chi connectivity index (χ3n) is 3.52. The quantitative estimate of drug-likeness (QED) is 0.901. The number of nitrogens with one attached hydrogen (secondary N) is 2. The molecule has 1 heterocycles. The molecule has 2 rings (SSSR count). The normalized spacial score (nSPS) is 12.6. The van der Waals surface area contributed by atoms with Crippen LogP contribution in [-0.4, -0.2) is 36.9 Å². The van der Waals surface area contributed by atoms with Crippen LogP contribution < -0.4 is 5.32 Å². The molecule has 0 saturated carbocycles. The van der Waals surface area contributed by atoms with E-state index in [2.05, 4.69) is 10.3 Å². The molecule has 2 N–H and O–H groups in total. The topological polar surface area (TPSA) is 79.0 Å². The minimum atomic E-state index is -3.23. The van der Waals surface area contributed by atoms with E-state index < -0.39 is 14.6 Å². The van der Waals surface area contributed by atoms with Crippen molar-refractivity contribution in [2.24, 2.45) is 0 Å².